The third kappa shape index (κ3) is 5.55. The van der Waals surface area contributed by atoms with Crippen LogP contribution in [0, 0.1) is 6.92 Å². The zero-order valence-corrected chi connectivity index (χ0v) is 18.5. The van der Waals surface area contributed by atoms with Crippen LogP contribution in [0.2, 0.25) is 0 Å². The second kappa shape index (κ2) is 10.1. The summed E-state index contributed by atoms with van der Waals surface area (Å²) < 4.78 is 36.7. The Hall–Kier alpha value is -3.59. The Morgan fingerprint density at radius 1 is 0.969 bits per heavy atom. The van der Waals surface area contributed by atoms with Crippen LogP contribution in [0.25, 0.3) is 0 Å². The Morgan fingerprint density at radius 3 is 2.22 bits per heavy atom. The Balaban J connectivity index is 1.66. The monoisotopic (exact) mass is 456 g/mol. The Kier molecular flexibility index (Phi) is 7.32. The lowest BCUT2D eigenvalue weighted by molar-refractivity contribution is -0.139. The van der Waals surface area contributed by atoms with Crippen molar-refractivity contribution in [2.75, 3.05) is 13.7 Å². The molecule has 1 aromatic heterocycles. The number of amides is 2. The number of methoxy groups -OCH3 is 1. The molecular formula is C23H24N2O6S. The van der Waals surface area contributed by atoms with Gasteiger partial charge in [0.15, 0.2) is 9.84 Å². The molecule has 0 bridgehead atoms. The van der Waals surface area contributed by atoms with Crippen LogP contribution in [-0.4, -0.2) is 33.9 Å². The lowest BCUT2D eigenvalue weighted by atomic mass is 10.2. The molecule has 2 aromatic carbocycles. The van der Waals surface area contributed by atoms with Gasteiger partial charge in [-0.3, -0.25) is 9.59 Å². The minimum atomic E-state index is -3.88. The predicted octanol–water partition coefficient (Wildman–Crippen LogP) is 2.54. The highest BCUT2D eigenvalue weighted by molar-refractivity contribution is 7.91. The first kappa shape index (κ1) is 23.1. The first-order valence-corrected chi connectivity index (χ1v) is 11.4. The molecule has 1 heterocycles. The van der Waals surface area contributed by atoms with Gasteiger partial charge < -0.3 is 19.8 Å². The standard InChI is InChI=1S/C23H24N2O6S/c1-16-5-11-19(12-6-16)32(28,29)21(20-4-3-13-31-20)15-25-23(27)22(26)24-14-17-7-9-18(30-2)10-8-17/h3-13,21H,14-15H2,1-2H3,(H,24,26)(H,25,27)/t21-/m1/s1. The number of rotatable bonds is 8. The van der Waals surface area contributed by atoms with Gasteiger partial charge in [0.1, 0.15) is 16.8 Å². The van der Waals surface area contributed by atoms with Crippen molar-refractivity contribution in [2.24, 2.45) is 0 Å². The summed E-state index contributed by atoms with van der Waals surface area (Å²) in [6.07, 6.45) is 1.36. The largest absolute Gasteiger partial charge is 0.497 e. The number of aryl methyl sites for hydroxylation is 1. The third-order valence-electron chi connectivity index (χ3n) is 4.85. The fourth-order valence-electron chi connectivity index (χ4n) is 3.00. The number of carbonyl (C=O) groups excluding carboxylic acids is 2. The van der Waals surface area contributed by atoms with E-state index in [2.05, 4.69) is 10.6 Å². The molecule has 0 aliphatic rings. The molecule has 0 spiro atoms. The maximum absolute atomic E-state index is 13.2. The summed E-state index contributed by atoms with van der Waals surface area (Å²) in [6.45, 7) is 1.67. The molecule has 168 valence electrons. The number of carbonyl (C=O) groups is 2. The second-order valence-corrected chi connectivity index (χ2v) is 9.23. The molecule has 0 fully saturated rings. The normalized spacial score (nSPS) is 12.1. The molecule has 0 saturated heterocycles. The first-order valence-electron chi connectivity index (χ1n) is 9.84. The number of hydrogen-bond acceptors (Lipinski definition) is 6. The Bertz CT molecular complexity index is 1150. The van der Waals surface area contributed by atoms with Gasteiger partial charge >= 0.3 is 11.8 Å². The molecule has 2 N–H and O–H groups in total. The van der Waals surface area contributed by atoms with Crippen LogP contribution in [-0.2, 0) is 26.0 Å². The van der Waals surface area contributed by atoms with Crippen molar-refractivity contribution in [3.8, 4) is 5.75 Å². The van der Waals surface area contributed by atoms with E-state index in [9.17, 15) is 18.0 Å². The van der Waals surface area contributed by atoms with Gasteiger partial charge in [-0.15, -0.1) is 0 Å². The summed E-state index contributed by atoms with van der Waals surface area (Å²) >= 11 is 0. The Morgan fingerprint density at radius 2 is 1.62 bits per heavy atom. The zero-order chi connectivity index (χ0) is 23.1. The van der Waals surface area contributed by atoms with E-state index < -0.39 is 26.9 Å². The fourth-order valence-corrected chi connectivity index (χ4v) is 4.59. The van der Waals surface area contributed by atoms with Crippen molar-refractivity contribution in [3.63, 3.8) is 0 Å². The van der Waals surface area contributed by atoms with E-state index >= 15 is 0 Å². The highest BCUT2D eigenvalue weighted by atomic mass is 32.2. The quantitative estimate of drug-likeness (QED) is 0.504. The van der Waals surface area contributed by atoms with E-state index in [1.165, 1.54) is 24.5 Å². The highest BCUT2D eigenvalue weighted by Gasteiger charge is 2.32. The number of sulfone groups is 1. The molecule has 2 amide bonds. The van der Waals surface area contributed by atoms with Gasteiger partial charge in [0.2, 0.25) is 0 Å². The molecular weight excluding hydrogens is 432 g/mol. The van der Waals surface area contributed by atoms with Gasteiger partial charge in [-0.05, 0) is 48.9 Å². The van der Waals surface area contributed by atoms with E-state index in [1.807, 2.05) is 6.92 Å². The molecule has 0 aliphatic carbocycles. The number of benzene rings is 2. The summed E-state index contributed by atoms with van der Waals surface area (Å²) in [5.74, 6) is -0.956. The summed E-state index contributed by atoms with van der Waals surface area (Å²) in [5.41, 5.74) is 1.70. The van der Waals surface area contributed by atoms with Crippen LogP contribution in [0.3, 0.4) is 0 Å². The number of ether oxygens (including phenoxy) is 1. The minimum Gasteiger partial charge on any atom is -0.497 e. The van der Waals surface area contributed by atoms with E-state index in [0.29, 0.717) is 5.75 Å². The second-order valence-electron chi connectivity index (χ2n) is 7.10. The van der Waals surface area contributed by atoms with E-state index in [1.54, 1.807) is 49.6 Å². The van der Waals surface area contributed by atoms with E-state index in [0.717, 1.165) is 11.1 Å². The topological polar surface area (TPSA) is 115 Å². The van der Waals surface area contributed by atoms with Crippen molar-refractivity contribution in [3.05, 3.63) is 83.8 Å². The fraction of sp³-hybridized carbons (Fsp3) is 0.217. The molecule has 0 saturated carbocycles. The van der Waals surface area contributed by atoms with Gasteiger partial charge in [-0.1, -0.05) is 29.8 Å². The van der Waals surface area contributed by atoms with E-state index in [4.69, 9.17) is 9.15 Å². The lowest BCUT2D eigenvalue weighted by Crippen LogP contribution is -2.42. The predicted molar refractivity (Wildman–Crippen MR) is 118 cm³/mol. The summed E-state index contributed by atoms with van der Waals surface area (Å²) in [4.78, 5) is 24.6. The molecule has 0 radical (unpaired) electrons. The summed E-state index contributed by atoms with van der Waals surface area (Å²) in [5, 5.41) is 3.73. The Labute approximate surface area is 186 Å². The van der Waals surface area contributed by atoms with Crippen LogP contribution in [0.15, 0.2) is 76.2 Å². The maximum atomic E-state index is 13.2. The van der Waals surface area contributed by atoms with Gasteiger partial charge in [0.25, 0.3) is 0 Å². The van der Waals surface area contributed by atoms with Gasteiger partial charge in [-0.2, -0.15) is 0 Å². The van der Waals surface area contributed by atoms with Gasteiger partial charge in [-0.25, -0.2) is 8.42 Å². The lowest BCUT2D eigenvalue weighted by Gasteiger charge is -2.17. The molecule has 0 unspecified atom stereocenters. The van der Waals surface area contributed by atoms with Crippen LogP contribution in [0.1, 0.15) is 22.1 Å². The average Bonchev–Trinajstić information content (AvgIpc) is 3.32. The maximum Gasteiger partial charge on any atom is 0.309 e. The summed E-state index contributed by atoms with van der Waals surface area (Å²) in [7, 11) is -2.32. The van der Waals surface area contributed by atoms with Crippen molar-refractivity contribution >= 4 is 21.7 Å². The number of furan rings is 1. The van der Waals surface area contributed by atoms with Gasteiger partial charge in [0, 0.05) is 13.1 Å². The van der Waals surface area contributed by atoms with E-state index in [-0.39, 0.29) is 23.7 Å². The molecule has 9 heteroatoms. The molecule has 32 heavy (non-hydrogen) atoms. The number of hydrogen-bond donors (Lipinski definition) is 2. The van der Waals surface area contributed by atoms with Crippen molar-refractivity contribution in [1.29, 1.82) is 0 Å². The third-order valence-corrected chi connectivity index (χ3v) is 6.93. The highest BCUT2D eigenvalue weighted by Crippen LogP contribution is 2.29. The van der Waals surface area contributed by atoms with Crippen LogP contribution >= 0.6 is 0 Å². The molecule has 1 atom stereocenters. The van der Waals surface area contributed by atoms with Crippen molar-refractivity contribution in [2.45, 2.75) is 23.6 Å². The zero-order valence-electron chi connectivity index (χ0n) is 17.7. The van der Waals surface area contributed by atoms with Crippen molar-refractivity contribution < 1.29 is 27.2 Å². The van der Waals surface area contributed by atoms with Gasteiger partial charge in [0.05, 0.1) is 18.3 Å². The van der Waals surface area contributed by atoms with Crippen LogP contribution < -0.4 is 15.4 Å². The minimum absolute atomic E-state index is 0.0997. The average molecular weight is 457 g/mol. The van der Waals surface area contributed by atoms with Crippen LogP contribution in [0.4, 0.5) is 0 Å². The molecule has 8 nitrogen and oxygen atoms in total. The first-order chi connectivity index (χ1) is 15.3. The van der Waals surface area contributed by atoms with Crippen LogP contribution in [0.5, 0.6) is 5.75 Å². The molecule has 3 aromatic rings. The number of nitrogens with one attached hydrogen (secondary N) is 2. The smallest absolute Gasteiger partial charge is 0.309 e. The molecule has 3 rings (SSSR count). The summed E-state index contributed by atoms with van der Waals surface area (Å²) in [6, 6.07) is 16.5. The SMILES string of the molecule is COc1ccc(CNC(=O)C(=O)NC[C@H](c2ccco2)S(=O)(=O)c2ccc(C)cc2)cc1. The molecule has 0 aliphatic heterocycles. The van der Waals surface area contributed by atoms with Crippen molar-refractivity contribution in [1.82, 2.24) is 10.6 Å².